The van der Waals surface area contributed by atoms with Gasteiger partial charge in [0, 0.05) is 6.04 Å². The summed E-state index contributed by atoms with van der Waals surface area (Å²) in [5.74, 6) is 0.781. The molecule has 2 fully saturated rings. The Labute approximate surface area is 110 Å². The van der Waals surface area contributed by atoms with E-state index in [0.717, 1.165) is 25.3 Å². The van der Waals surface area contributed by atoms with Crippen LogP contribution in [0.1, 0.15) is 52.4 Å². The highest BCUT2D eigenvalue weighted by Crippen LogP contribution is 2.41. The summed E-state index contributed by atoms with van der Waals surface area (Å²) in [5.41, 5.74) is 6.34. The molecular weight excluding hydrogens is 226 g/mol. The van der Waals surface area contributed by atoms with E-state index in [-0.39, 0.29) is 5.54 Å². The molecule has 0 aromatic rings. The van der Waals surface area contributed by atoms with Crippen LogP contribution in [0.2, 0.25) is 0 Å². The summed E-state index contributed by atoms with van der Waals surface area (Å²) in [6.45, 7) is 5.23. The first-order valence-electron chi connectivity index (χ1n) is 7.35. The maximum absolute atomic E-state index is 6.19. The largest absolute Gasteiger partial charge is 0.375 e. The smallest absolute Gasteiger partial charge is 0.192 e. The highest BCUT2D eigenvalue weighted by atomic mass is 16.5. The number of rotatable bonds is 1. The van der Waals surface area contributed by atoms with Gasteiger partial charge in [-0.3, -0.25) is 4.99 Å². The van der Waals surface area contributed by atoms with Crippen LogP contribution >= 0.6 is 0 Å². The molecule has 2 atom stereocenters. The van der Waals surface area contributed by atoms with E-state index < -0.39 is 0 Å². The minimum atomic E-state index is 0.149. The second-order valence-corrected chi connectivity index (χ2v) is 6.37. The van der Waals surface area contributed by atoms with Crippen molar-refractivity contribution in [1.82, 2.24) is 4.90 Å². The molecule has 1 aliphatic carbocycles. The zero-order chi connectivity index (χ0) is 12.8. The maximum atomic E-state index is 6.19. The van der Waals surface area contributed by atoms with Crippen LogP contribution in [0.15, 0.2) is 4.99 Å². The van der Waals surface area contributed by atoms with Crippen molar-refractivity contribution in [2.45, 2.75) is 76.2 Å². The van der Waals surface area contributed by atoms with Gasteiger partial charge < -0.3 is 15.4 Å². The fourth-order valence-electron chi connectivity index (χ4n) is 4.33. The molecule has 2 N–H and O–H groups in total. The average Bonchev–Trinajstić information content (AvgIpc) is 2.86. The lowest BCUT2D eigenvalue weighted by molar-refractivity contribution is -0.0899. The summed E-state index contributed by atoms with van der Waals surface area (Å²) in [7, 11) is 0. The van der Waals surface area contributed by atoms with E-state index in [0.29, 0.717) is 18.2 Å². The van der Waals surface area contributed by atoms with E-state index in [2.05, 4.69) is 23.7 Å². The molecular formula is C14H25N3O. The summed E-state index contributed by atoms with van der Waals surface area (Å²) in [4.78, 5) is 7.04. The van der Waals surface area contributed by atoms with E-state index in [4.69, 9.17) is 10.5 Å². The maximum Gasteiger partial charge on any atom is 0.192 e. The number of ether oxygens (including phenoxy) is 1. The third-order valence-electron chi connectivity index (χ3n) is 4.78. The van der Waals surface area contributed by atoms with Crippen molar-refractivity contribution in [3.63, 3.8) is 0 Å². The molecule has 4 nitrogen and oxygen atoms in total. The fraction of sp³-hybridized carbons (Fsp3) is 0.929. The highest BCUT2D eigenvalue weighted by molar-refractivity contribution is 5.81. The molecule has 1 saturated carbocycles. The molecule has 1 spiro atoms. The van der Waals surface area contributed by atoms with Crippen molar-refractivity contribution in [2.24, 2.45) is 10.7 Å². The number of hydrogen-bond acceptors (Lipinski definition) is 4. The van der Waals surface area contributed by atoms with Gasteiger partial charge in [-0.15, -0.1) is 0 Å². The highest BCUT2D eigenvalue weighted by Gasteiger charge is 2.49. The van der Waals surface area contributed by atoms with Gasteiger partial charge in [0.15, 0.2) is 5.96 Å². The minimum absolute atomic E-state index is 0.149. The number of nitrogens with two attached hydrogens (primary N) is 1. The normalized spacial score (nSPS) is 41.7. The van der Waals surface area contributed by atoms with E-state index in [1.165, 1.54) is 25.7 Å². The first-order chi connectivity index (χ1) is 8.61. The van der Waals surface area contributed by atoms with Crippen molar-refractivity contribution >= 4 is 5.96 Å². The molecule has 18 heavy (non-hydrogen) atoms. The van der Waals surface area contributed by atoms with Crippen LogP contribution < -0.4 is 5.73 Å². The van der Waals surface area contributed by atoms with Crippen molar-refractivity contribution in [3.8, 4) is 0 Å². The summed E-state index contributed by atoms with van der Waals surface area (Å²) in [6.07, 6.45) is 8.01. The molecule has 0 bridgehead atoms. The van der Waals surface area contributed by atoms with Gasteiger partial charge in [0.2, 0.25) is 0 Å². The predicted molar refractivity (Wildman–Crippen MR) is 72.6 cm³/mol. The Bertz CT molecular complexity index is 339. The molecule has 0 radical (unpaired) electrons. The van der Waals surface area contributed by atoms with Gasteiger partial charge in [-0.1, -0.05) is 12.8 Å². The summed E-state index contributed by atoms with van der Waals surface area (Å²) in [5, 5.41) is 0. The molecule has 102 valence electrons. The van der Waals surface area contributed by atoms with Gasteiger partial charge in [-0.05, 0) is 39.5 Å². The summed E-state index contributed by atoms with van der Waals surface area (Å²) >= 11 is 0. The van der Waals surface area contributed by atoms with Crippen molar-refractivity contribution in [3.05, 3.63) is 0 Å². The summed E-state index contributed by atoms with van der Waals surface area (Å²) < 4.78 is 5.90. The average molecular weight is 251 g/mol. The van der Waals surface area contributed by atoms with Gasteiger partial charge in [0.05, 0.1) is 24.3 Å². The SMILES string of the molecule is CC1CC2(CN=C(N)N2C2CCCC2)CC(C)O1. The zero-order valence-electron chi connectivity index (χ0n) is 11.6. The van der Waals surface area contributed by atoms with Crippen LogP contribution in [0.4, 0.5) is 0 Å². The second-order valence-electron chi connectivity index (χ2n) is 6.37. The third kappa shape index (κ3) is 1.91. The number of hydrogen-bond donors (Lipinski definition) is 1. The molecule has 0 aromatic heterocycles. The Morgan fingerprint density at radius 2 is 1.83 bits per heavy atom. The molecule has 2 heterocycles. The van der Waals surface area contributed by atoms with Crippen LogP contribution in [0.25, 0.3) is 0 Å². The number of nitrogens with zero attached hydrogens (tertiary/aromatic N) is 2. The lowest BCUT2D eigenvalue weighted by Gasteiger charge is -2.48. The third-order valence-corrected chi connectivity index (χ3v) is 4.78. The topological polar surface area (TPSA) is 50.8 Å². The Balaban J connectivity index is 1.85. The molecule has 0 amide bonds. The van der Waals surface area contributed by atoms with Crippen molar-refractivity contribution < 1.29 is 4.74 Å². The molecule has 2 unspecified atom stereocenters. The predicted octanol–water partition coefficient (Wildman–Crippen LogP) is 1.89. The standard InChI is InChI=1S/C14H25N3O/c1-10-7-14(8-11(2)18-10)9-16-13(15)17(14)12-5-3-4-6-12/h10-12H,3-9H2,1-2H3,(H2,15,16). The quantitative estimate of drug-likeness (QED) is 0.774. The lowest BCUT2D eigenvalue weighted by atomic mass is 9.82. The minimum Gasteiger partial charge on any atom is -0.375 e. The van der Waals surface area contributed by atoms with E-state index in [1.807, 2.05) is 0 Å². The van der Waals surface area contributed by atoms with Gasteiger partial charge >= 0.3 is 0 Å². The Morgan fingerprint density at radius 1 is 1.22 bits per heavy atom. The first kappa shape index (κ1) is 12.3. The molecule has 3 rings (SSSR count). The molecule has 1 saturated heterocycles. The first-order valence-corrected chi connectivity index (χ1v) is 7.35. The van der Waals surface area contributed by atoms with Crippen LogP contribution in [0, 0.1) is 0 Å². The van der Waals surface area contributed by atoms with E-state index in [1.54, 1.807) is 0 Å². The van der Waals surface area contributed by atoms with Crippen molar-refractivity contribution in [1.29, 1.82) is 0 Å². The van der Waals surface area contributed by atoms with Gasteiger partial charge in [0.1, 0.15) is 0 Å². The van der Waals surface area contributed by atoms with Crippen molar-refractivity contribution in [2.75, 3.05) is 6.54 Å². The Morgan fingerprint density at radius 3 is 2.44 bits per heavy atom. The monoisotopic (exact) mass is 251 g/mol. The Hall–Kier alpha value is -0.770. The molecule has 3 aliphatic rings. The van der Waals surface area contributed by atoms with E-state index >= 15 is 0 Å². The van der Waals surface area contributed by atoms with Gasteiger partial charge in [-0.2, -0.15) is 0 Å². The zero-order valence-corrected chi connectivity index (χ0v) is 11.6. The Kier molecular flexibility index (Phi) is 3.00. The lowest BCUT2D eigenvalue weighted by Crippen LogP contribution is -2.60. The molecule has 4 heteroatoms. The fourth-order valence-corrected chi connectivity index (χ4v) is 4.33. The molecule has 2 aliphatic heterocycles. The van der Waals surface area contributed by atoms with E-state index in [9.17, 15) is 0 Å². The van der Waals surface area contributed by atoms with Crippen LogP contribution in [0.5, 0.6) is 0 Å². The van der Waals surface area contributed by atoms with Crippen LogP contribution in [-0.4, -0.2) is 41.2 Å². The summed E-state index contributed by atoms with van der Waals surface area (Å²) in [6, 6.07) is 0.619. The second kappa shape index (κ2) is 4.41. The van der Waals surface area contributed by atoms with Gasteiger partial charge in [0.25, 0.3) is 0 Å². The number of guanidine groups is 1. The molecule has 0 aromatic carbocycles. The number of aliphatic imine (C=N–C) groups is 1. The van der Waals surface area contributed by atoms with Crippen LogP contribution in [0.3, 0.4) is 0 Å². The van der Waals surface area contributed by atoms with Gasteiger partial charge in [-0.25, -0.2) is 0 Å². The van der Waals surface area contributed by atoms with Crippen LogP contribution in [-0.2, 0) is 4.74 Å².